The molecule has 30 heavy (non-hydrogen) atoms. The number of aromatic hydroxyl groups is 1. The molecule has 0 bridgehead atoms. The maximum absolute atomic E-state index is 12.5. The van der Waals surface area contributed by atoms with E-state index in [0.717, 1.165) is 54.9 Å². The van der Waals surface area contributed by atoms with Crippen molar-refractivity contribution in [3.8, 4) is 17.1 Å². The maximum Gasteiger partial charge on any atom is 0.253 e. The summed E-state index contributed by atoms with van der Waals surface area (Å²) in [5.74, 6) is 1.26. The summed E-state index contributed by atoms with van der Waals surface area (Å²) in [6, 6.07) is 15.4. The van der Waals surface area contributed by atoms with Crippen LogP contribution in [-0.2, 0) is 6.42 Å². The fourth-order valence-corrected chi connectivity index (χ4v) is 4.10. The molecule has 2 aliphatic rings. The Hall–Kier alpha value is -3.61. The summed E-state index contributed by atoms with van der Waals surface area (Å²) in [4.78, 5) is 19.4. The Morgan fingerprint density at radius 3 is 2.83 bits per heavy atom. The Balaban J connectivity index is 1.34. The second-order valence-corrected chi connectivity index (χ2v) is 7.60. The SMILES string of the molecule is O=C1CC=C(CCN2CCCc3c(O)cccc32)Nc2nc(-c3ccccc3)nn21. The molecule has 1 aromatic heterocycles. The highest BCUT2D eigenvalue weighted by Gasteiger charge is 2.22. The van der Waals surface area contributed by atoms with Crippen molar-refractivity contribution in [1.29, 1.82) is 0 Å². The Morgan fingerprint density at radius 2 is 1.97 bits per heavy atom. The molecule has 0 saturated heterocycles. The van der Waals surface area contributed by atoms with Gasteiger partial charge in [0, 0.05) is 48.4 Å². The van der Waals surface area contributed by atoms with Crippen LogP contribution in [0.1, 0.15) is 29.6 Å². The lowest BCUT2D eigenvalue weighted by Gasteiger charge is -2.32. The number of hydrogen-bond donors (Lipinski definition) is 2. The maximum atomic E-state index is 12.5. The summed E-state index contributed by atoms with van der Waals surface area (Å²) >= 11 is 0. The summed E-state index contributed by atoms with van der Waals surface area (Å²) in [6.07, 6.45) is 4.87. The van der Waals surface area contributed by atoms with Crippen LogP contribution in [-0.4, -0.2) is 38.9 Å². The zero-order chi connectivity index (χ0) is 20.5. The standard InChI is InChI=1S/C23H23N5O2/c29-20-10-4-9-19-18(20)8-5-14-27(19)15-13-17-11-12-21(30)28-23(24-17)25-22(26-28)16-6-2-1-3-7-16/h1-4,6-7,9-11,29H,5,8,12-15H2,(H,24,25,26). The highest BCUT2D eigenvalue weighted by atomic mass is 16.3. The Labute approximate surface area is 174 Å². The monoisotopic (exact) mass is 401 g/mol. The second-order valence-electron chi connectivity index (χ2n) is 7.60. The van der Waals surface area contributed by atoms with Gasteiger partial charge in [-0.1, -0.05) is 42.5 Å². The molecule has 0 unspecified atom stereocenters. The van der Waals surface area contributed by atoms with Gasteiger partial charge in [0.2, 0.25) is 5.95 Å². The molecule has 0 spiro atoms. The number of allylic oxidation sites excluding steroid dienone is 1. The molecule has 2 N–H and O–H groups in total. The first kappa shape index (κ1) is 18.4. The molecule has 0 atom stereocenters. The zero-order valence-electron chi connectivity index (χ0n) is 16.6. The van der Waals surface area contributed by atoms with E-state index in [4.69, 9.17) is 0 Å². The zero-order valence-corrected chi connectivity index (χ0v) is 16.6. The van der Waals surface area contributed by atoms with Crippen LogP contribution in [0.3, 0.4) is 0 Å². The van der Waals surface area contributed by atoms with Gasteiger partial charge >= 0.3 is 0 Å². The molecule has 7 nitrogen and oxygen atoms in total. The molecule has 0 fully saturated rings. The van der Waals surface area contributed by atoms with Gasteiger partial charge in [-0.3, -0.25) is 4.79 Å². The number of nitrogens with zero attached hydrogens (tertiary/aromatic N) is 4. The number of fused-ring (bicyclic) bond motifs is 2. The van der Waals surface area contributed by atoms with Gasteiger partial charge in [0.05, 0.1) is 0 Å². The van der Waals surface area contributed by atoms with Crippen LogP contribution < -0.4 is 10.2 Å². The van der Waals surface area contributed by atoms with Crippen LogP contribution in [0.25, 0.3) is 11.4 Å². The largest absolute Gasteiger partial charge is 0.508 e. The fraction of sp³-hybridized carbons (Fsp3) is 0.261. The minimum atomic E-state index is -0.101. The third kappa shape index (κ3) is 3.43. The van der Waals surface area contributed by atoms with Crippen molar-refractivity contribution < 1.29 is 9.90 Å². The summed E-state index contributed by atoms with van der Waals surface area (Å²) in [5.41, 5.74) is 3.96. The van der Waals surface area contributed by atoms with Crippen molar-refractivity contribution in [2.24, 2.45) is 0 Å². The molecule has 3 aromatic rings. The minimum absolute atomic E-state index is 0.101. The first-order valence-corrected chi connectivity index (χ1v) is 10.3. The van der Waals surface area contributed by atoms with Gasteiger partial charge in [0.25, 0.3) is 5.91 Å². The van der Waals surface area contributed by atoms with Crippen molar-refractivity contribution in [3.05, 3.63) is 65.9 Å². The van der Waals surface area contributed by atoms with Gasteiger partial charge in [-0.2, -0.15) is 9.67 Å². The average molecular weight is 401 g/mol. The molecular formula is C23H23N5O2. The van der Waals surface area contributed by atoms with Gasteiger partial charge < -0.3 is 15.3 Å². The predicted molar refractivity (Wildman–Crippen MR) is 116 cm³/mol. The fourth-order valence-electron chi connectivity index (χ4n) is 4.10. The van der Waals surface area contributed by atoms with E-state index in [2.05, 4.69) is 26.4 Å². The smallest absolute Gasteiger partial charge is 0.253 e. The van der Waals surface area contributed by atoms with Crippen LogP contribution in [0.15, 0.2) is 60.3 Å². The lowest BCUT2D eigenvalue weighted by atomic mass is 10.0. The molecule has 0 radical (unpaired) electrons. The quantitative estimate of drug-likeness (QED) is 0.691. The van der Waals surface area contributed by atoms with E-state index in [9.17, 15) is 9.90 Å². The highest BCUT2D eigenvalue weighted by Crippen LogP contribution is 2.33. The first-order chi connectivity index (χ1) is 14.7. The molecule has 2 aliphatic heterocycles. The van der Waals surface area contributed by atoms with E-state index in [-0.39, 0.29) is 12.3 Å². The lowest BCUT2D eigenvalue weighted by molar-refractivity contribution is 0.0905. The molecular weight excluding hydrogens is 378 g/mol. The Kier molecular flexibility index (Phi) is 4.71. The number of nitrogens with one attached hydrogen (secondary N) is 1. The molecule has 0 saturated carbocycles. The van der Waals surface area contributed by atoms with Crippen LogP contribution in [0.2, 0.25) is 0 Å². The molecule has 0 aliphatic carbocycles. The lowest BCUT2D eigenvalue weighted by Crippen LogP contribution is -2.31. The van der Waals surface area contributed by atoms with Gasteiger partial charge in [-0.05, 0) is 25.0 Å². The number of phenolic OH excluding ortho intramolecular Hbond substituents is 1. The normalized spacial score (nSPS) is 15.7. The van der Waals surface area contributed by atoms with Gasteiger partial charge in [-0.25, -0.2) is 0 Å². The van der Waals surface area contributed by atoms with Crippen molar-refractivity contribution in [3.63, 3.8) is 0 Å². The summed E-state index contributed by atoms with van der Waals surface area (Å²) in [5, 5.41) is 17.9. The van der Waals surface area contributed by atoms with Crippen molar-refractivity contribution in [2.45, 2.75) is 25.7 Å². The van der Waals surface area contributed by atoms with E-state index in [0.29, 0.717) is 17.5 Å². The van der Waals surface area contributed by atoms with Gasteiger partial charge in [0.15, 0.2) is 5.82 Å². The number of anilines is 2. The van der Waals surface area contributed by atoms with Crippen LogP contribution in [0.4, 0.5) is 11.6 Å². The molecule has 3 heterocycles. The number of hydrogen-bond acceptors (Lipinski definition) is 6. The second kappa shape index (κ2) is 7.67. The van der Waals surface area contributed by atoms with Gasteiger partial charge in [0.1, 0.15) is 5.75 Å². The molecule has 5 rings (SSSR count). The van der Waals surface area contributed by atoms with Crippen LogP contribution in [0.5, 0.6) is 5.75 Å². The van der Waals surface area contributed by atoms with Crippen molar-refractivity contribution >= 4 is 17.5 Å². The van der Waals surface area contributed by atoms with Crippen LogP contribution in [0, 0.1) is 0 Å². The number of phenols is 1. The van der Waals surface area contributed by atoms with Crippen LogP contribution >= 0.6 is 0 Å². The van der Waals surface area contributed by atoms with E-state index < -0.39 is 0 Å². The summed E-state index contributed by atoms with van der Waals surface area (Å²) in [7, 11) is 0. The minimum Gasteiger partial charge on any atom is -0.508 e. The van der Waals surface area contributed by atoms with Crippen molar-refractivity contribution in [1.82, 2.24) is 14.8 Å². The number of benzene rings is 2. The summed E-state index contributed by atoms with van der Waals surface area (Å²) in [6.45, 7) is 1.75. The first-order valence-electron chi connectivity index (χ1n) is 10.3. The molecule has 152 valence electrons. The van der Waals surface area contributed by atoms with E-state index in [1.54, 1.807) is 6.07 Å². The third-order valence-electron chi connectivity index (χ3n) is 5.64. The topological polar surface area (TPSA) is 83.3 Å². The van der Waals surface area contributed by atoms with E-state index in [1.807, 2.05) is 42.5 Å². The number of carbonyl (C=O) groups is 1. The number of aromatic nitrogens is 3. The number of carbonyl (C=O) groups excluding carboxylic acids is 1. The third-order valence-corrected chi connectivity index (χ3v) is 5.64. The van der Waals surface area contributed by atoms with E-state index >= 15 is 0 Å². The molecule has 0 amide bonds. The average Bonchev–Trinajstić information content (AvgIpc) is 3.14. The Morgan fingerprint density at radius 1 is 1.10 bits per heavy atom. The summed E-state index contributed by atoms with van der Waals surface area (Å²) < 4.78 is 1.36. The predicted octanol–water partition coefficient (Wildman–Crippen LogP) is 3.83. The number of rotatable bonds is 4. The highest BCUT2D eigenvalue weighted by molar-refractivity contribution is 5.84. The molecule has 2 aromatic carbocycles. The molecule has 7 heteroatoms. The Bertz CT molecular complexity index is 1120. The van der Waals surface area contributed by atoms with Crippen molar-refractivity contribution in [2.75, 3.05) is 23.3 Å². The van der Waals surface area contributed by atoms with Gasteiger partial charge in [-0.15, -0.1) is 5.10 Å². The van der Waals surface area contributed by atoms with E-state index in [1.165, 1.54) is 4.68 Å².